The molecule has 1 aromatic carbocycles. The van der Waals surface area contributed by atoms with Gasteiger partial charge in [0.2, 0.25) is 0 Å². The Hall–Kier alpha value is -1.54. The molecule has 1 saturated carbocycles. The largest absolute Gasteiger partial charge is 0.318 e. The van der Waals surface area contributed by atoms with Crippen molar-refractivity contribution >= 4 is 17.4 Å². The van der Waals surface area contributed by atoms with Crippen LogP contribution in [-0.2, 0) is 0 Å². The number of halogens is 1. The molecule has 3 rings (SSSR count). The second-order valence-corrected chi connectivity index (χ2v) is 7.85. The number of benzene rings is 1. The number of aryl methyl sites for hydroxylation is 1. The third-order valence-electron chi connectivity index (χ3n) is 5.57. The fourth-order valence-corrected chi connectivity index (χ4v) is 4.28. The minimum absolute atomic E-state index is 0.289. The zero-order valence-corrected chi connectivity index (χ0v) is 16.1. The van der Waals surface area contributed by atoms with E-state index in [1.54, 1.807) is 0 Å². The first-order valence-electron chi connectivity index (χ1n) is 9.54. The van der Waals surface area contributed by atoms with Crippen molar-refractivity contribution in [2.75, 3.05) is 0 Å². The summed E-state index contributed by atoms with van der Waals surface area (Å²) in [5.74, 6) is 1.03. The molecule has 2 aromatic rings. The van der Waals surface area contributed by atoms with E-state index in [-0.39, 0.29) is 5.78 Å². The first-order valence-corrected chi connectivity index (χ1v) is 9.92. The molecule has 3 heteroatoms. The molecule has 0 radical (unpaired) electrons. The van der Waals surface area contributed by atoms with Gasteiger partial charge in [0.15, 0.2) is 5.78 Å². The van der Waals surface area contributed by atoms with Gasteiger partial charge in [0.05, 0.1) is 0 Å². The first-order chi connectivity index (χ1) is 12.1. The summed E-state index contributed by atoms with van der Waals surface area (Å²) in [5.41, 5.74) is 4.06. The molecule has 0 bridgehead atoms. The van der Waals surface area contributed by atoms with Gasteiger partial charge in [-0.3, -0.25) is 4.79 Å². The molecule has 0 unspecified atom stereocenters. The average Bonchev–Trinajstić information content (AvgIpc) is 2.79. The maximum absolute atomic E-state index is 12.8. The molecule has 0 N–H and O–H groups in total. The number of ketones is 1. The molecule has 0 amide bonds. The van der Waals surface area contributed by atoms with Crippen LogP contribution in [0.25, 0.3) is 5.69 Å². The number of carbonyl (C=O) groups excluding carboxylic acids is 1. The Morgan fingerprint density at radius 1 is 1.08 bits per heavy atom. The van der Waals surface area contributed by atoms with Crippen molar-refractivity contribution in [3.8, 4) is 5.69 Å². The molecular formula is C22H28ClNO. The molecule has 2 nitrogen and oxygen atoms in total. The van der Waals surface area contributed by atoms with Gasteiger partial charge in [-0.15, -0.1) is 0 Å². The van der Waals surface area contributed by atoms with Gasteiger partial charge >= 0.3 is 0 Å². The van der Waals surface area contributed by atoms with E-state index in [4.69, 9.17) is 11.6 Å². The van der Waals surface area contributed by atoms with Crippen LogP contribution in [0.5, 0.6) is 0 Å². The predicted molar refractivity (Wildman–Crippen MR) is 105 cm³/mol. The minimum Gasteiger partial charge on any atom is -0.318 e. The summed E-state index contributed by atoms with van der Waals surface area (Å²) >= 11 is 6.00. The van der Waals surface area contributed by atoms with E-state index in [0.717, 1.165) is 40.0 Å². The lowest BCUT2D eigenvalue weighted by Gasteiger charge is -2.13. The third-order valence-corrected chi connectivity index (χ3v) is 5.82. The van der Waals surface area contributed by atoms with Crippen molar-refractivity contribution in [1.29, 1.82) is 0 Å². The highest BCUT2D eigenvalue weighted by atomic mass is 35.5. The third kappa shape index (κ3) is 4.36. The highest BCUT2D eigenvalue weighted by Gasteiger charge is 2.19. The maximum Gasteiger partial charge on any atom is 0.164 e. The second-order valence-electron chi connectivity index (χ2n) is 7.42. The quantitative estimate of drug-likeness (QED) is 0.432. The van der Waals surface area contributed by atoms with Gasteiger partial charge in [-0.2, -0.15) is 0 Å². The lowest BCUT2D eigenvalue weighted by atomic mass is 9.92. The Bertz CT molecular complexity index is 721. The summed E-state index contributed by atoms with van der Waals surface area (Å²) in [6.45, 7) is 4.10. The molecule has 0 spiro atoms. The van der Waals surface area contributed by atoms with Gasteiger partial charge in [-0.25, -0.2) is 0 Å². The SMILES string of the molecule is Cc1cc(C(=O)CCC2CCCCCC2)c(C)n1-c1ccc(Cl)cc1. The van der Waals surface area contributed by atoms with Crippen LogP contribution in [0, 0.1) is 19.8 Å². The van der Waals surface area contributed by atoms with Crippen LogP contribution in [0.3, 0.4) is 0 Å². The predicted octanol–water partition coefficient (Wildman–Crippen LogP) is 6.68. The molecule has 1 aliphatic rings. The number of carbonyl (C=O) groups is 1. The number of rotatable bonds is 5. The fraction of sp³-hybridized carbons (Fsp3) is 0.500. The highest BCUT2D eigenvalue weighted by Crippen LogP contribution is 2.28. The Morgan fingerprint density at radius 2 is 1.72 bits per heavy atom. The maximum atomic E-state index is 12.8. The van der Waals surface area contributed by atoms with Crippen molar-refractivity contribution in [2.24, 2.45) is 5.92 Å². The number of hydrogen-bond acceptors (Lipinski definition) is 1. The molecule has 134 valence electrons. The van der Waals surface area contributed by atoms with Crippen molar-refractivity contribution < 1.29 is 4.79 Å². The second kappa shape index (κ2) is 8.23. The number of Topliss-reactive ketones (excluding diaryl/α,β-unsaturated/α-hetero) is 1. The monoisotopic (exact) mass is 357 g/mol. The van der Waals surface area contributed by atoms with Crippen LogP contribution in [-0.4, -0.2) is 10.4 Å². The van der Waals surface area contributed by atoms with Crippen molar-refractivity contribution in [2.45, 2.75) is 65.2 Å². The highest BCUT2D eigenvalue weighted by molar-refractivity contribution is 6.30. The van der Waals surface area contributed by atoms with E-state index in [1.807, 2.05) is 37.3 Å². The van der Waals surface area contributed by atoms with Crippen molar-refractivity contribution in [1.82, 2.24) is 4.57 Å². The van der Waals surface area contributed by atoms with E-state index < -0.39 is 0 Å². The smallest absolute Gasteiger partial charge is 0.164 e. The molecule has 0 saturated heterocycles. The number of hydrogen-bond donors (Lipinski definition) is 0. The minimum atomic E-state index is 0.289. The Labute approximate surface area is 156 Å². The summed E-state index contributed by atoms with van der Waals surface area (Å²) in [5, 5.41) is 0.728. The molecule has 25 heavy (non-hydrogen) atoms. The van der Waals surface area contributed by atoms with Gasteiger partial charge in [-0.05, 0) is 56.5 Å². The van der Waals surface area contributed by atoms with Crippen LogP contribution >= 0.6 is 11.6 Å². The molecule has 0 atom stereocenters. The zero-order valence-electron chi connectivity index (χ0n) is 15.4. The fourth-order valence-electron chi connectivity index (χ4n) is 4.16. The van der Waals surface area contributed by atoms with E-state index >= 15 is 0 Å². The van der Waals surface area contributed by atoms with Gasteiger partial charge in [0.25, 0.3) is 0 Å². The van der Waals surface area contributed by atoms with Crippen LogP contribution in [0.15, 0.2) is 30.3 Å². The van der Waals surface area contributed by atoms with Crippen molar-refractivity contribution in [3.63, 3.8) is 0 Å². The van der Waals surface area contributed by atoms with Crippen LogP contribution in [0.1, 0.15) is 73.1 Å². The normalized spacial score (nSPS) is 16.0. The lowest BCUT2D eigenvalue weighted by Crippen LogP contribution is -2.07. The van der Waals surface area contributed by atoms with E-state index in [2.05, 4.69) is 11.5 Å². The van der Waals surface area contributed by atoms with E-state index in [1.165, 1.54) is 38.5 Å². The summed E-state index contributed by atoms with van der Waals surface area (Å²) in [6.07, 6.45) is 9.74. The number of nitrogens with zero attached hydrogens (tertiary/aromatic N) is 1. The Morgan fingerprint density at radius 3 is 2.36 bits per heavy atom. The lowest BCUT2D eigenvalue weighted by molar-refractivity contribution is 0.0971. The topological polar surface area (TPSA) is 22.0 Å². The standard InChI is InChI=1S/C22H28ClNO/c1-16-15-21(17(2)24(16)20-12-10-19(23)11-13-20)22(25)14-9-18-7-5-3-4-6-8-18/h10-13,15,18H,3-9,14H2,1-2H3. The van der Waals surface area contributed by atoms with Gasteiger partial charge in [0, 0.05) is 34.1 Å². The zero-order chi connectivity index (χ0) is 17.8. The van der Waals surface area contributed by atoms with Crippen molar-refractivity contribution in [3.05, 3.63) is 52.3 Å². The summed E-state index contributed by atoms with van der Waals surface area (Å²) in [7, 11) is 0. The average molecular weight is 358 g/mol. The van der Waals surface area contributed by atoms with Gasteiger partial charge in [-0.1, -0.05) is 50.1 Å². The summed E-state index contributed by atoms with van der Waals surface area (Å²) in [6, 6.07) is 9.83. The molecule has 1 aromatic heterocycles. The first kappa shape index (κ1) is 18.3. The Kier molecular flexibility index (Phi) is 6.01. The van der Waals surface area contributed by atoms with Crippen LogP contribution in [0.4, 0.5) is 0 Å². The molecular weight excluding hydrogens is 330 g/mol. The van der Waals surface area contributed by atoms with Crippen LogP contribution in [0.2, 0.25) is 5.02 Å². The summed E-state index contributed by atoms with van der Waals surface area (Å²) < 4.78 is 2.15. The van der Waals surface area contributed by atoms with Crippen LogP contribution < -0.4 is 0 Å². The Balaban J connectivity index is 1.72. The van der Waals surface area contributed by atoms with Gasteiger partial charge in [0.1, 0.15) is 0 Å². The summed E-state index contributed by atoms with van der Waals surface area (Å²) in [4.78, 5) is 12.8. The number of aromatic nitrogens is 1. The van der Waals surface area contributed by atoms with E-state index in [0.29, 0.717) is 6.42 Å². The molecule has 0 aliphatic heterocycles. The van der Waals surface area contributed by atoms with E-state index in [9.17, 15) is 4.79 Å². The van der Waals surface area contributed by atoms with Gasteiger partial charge < -0.3 is 4.57 Å². The molecule has 1 fully saturated rings. The molecule has 1 aliphatic carbocycles. The molecule has 1 heterocycles.